The summed E-state index contributed by atoms with van der Waals surface area (Å²) in [6.45, 7) is 2.94. The molecule has 0 saturated heterocycles. The van der Waals surface area contributed by atoms with Gasteiger partial charge in [-0.25, -0.2) is 13.8 Å². The Labute approximate surface area is 193 Å². The normalized spacial score (nSPS) is 11.7. The molecule has 0 aromatic heterocycles. The van der Waals surface area contributed by atoms with E-state index in [4.69, 9.17) is 4.74 Å². The molecule has 0 aliphatic rings. The molecule has 0 heterocycles. The standard InChI is InChI=1S/C24H25N3O5S/c1-17-12-14-19(15-13-17)33(30,31)27(21-9-5-7-11-23(21)32-3)16-24(29)26-25-18(2)20-8-4-6-10-22(20)28/h4-15,28H,16H2,1-3H3,(H,26,29)/b25-18+. The minimum atomic E-state index is -4.09. The third-order valence-electron chi connectivity index (χ3n) is 4.89. The first-order valence-electron chi connectivity index (χ1n) is 10.1. The van der Waals surface area contributed by atoms with Gasteiger partial charge in [-0.2, -0.15) is 5.10 Å². The molecule has 0 atom stereocenters. The van der Waals surface area contributed by atoms with Crippen molar-refractivity contribution in [3.8, 4) is 11.5 Å². The number of amides is 1. The molecular weight excluding hydrogens is 442 g/mol. The monoisotopic (exact) mass is 467 g/mol. The predicted octanol–water partition coefficient (Wildman–Crippen LogP) is 3.44. The highest BCUT2D eigenvalue weighted by atomic mass is 32.2. The van der Waals surface area contributed by atoms with Gasteiger partial charge in [0.15, 0.2) is 0 Å². The predicted molar refractivity (Wildman–Crippen MR) is 127 cm³/mol. The van der Waals surface area contributed by atoms with Gasteiger partial charge in [0.05, 0.1) is 23.4 Å². The first-order valence-corrected chi connectivity index (χ1v) is 11.5. The van der Waals surface area contributed by atoms with Crippen LogP contribution in [0.25, 0.3) is 0 Å². The zero-order chi connectivity index (χ0) is 24.0. The van der Waals surface area contributed by atoms with Crippen LogP contribution in [0.2, 0.25) is 0 Å². The summed E-state index contributed by atoms with van der Waals surface area (Å²) in [6, 6.07) is 19.5. The fraction of sp³-hybridized carbons (Fsp3) is 0.167. The number of anilines is 1. The molecule has 3 aromatic carbocycles. The zero-order valence-corrected chi connectivity index (χ0v) is 19.3. The molecule has 3 rings (SSSR count). The van der Waals surface area contributed by atoms with E-state index in [0.717, 1.165) is 9.87 Å². The van der Waals surface area contributed by atoms with Crippen molar-refractivity contribution in [2.75, 3.05) is 18.0 Å². The Morgan fingerprint density at radius 2 is 1.67 bits per heavy atom. The van der Waals surface area contributed by atoms with Crippen LogP contribution in [0.4, 0.5) is 5.69 Å². The molecule has 0 aliphatic heterocycles. The fourth-order valence-electron chi connectivity index (χ4n) is 3.12. The van der Waals surface area contributed by atoms with E-state index in [1.54, 1.807) is 61.5 Å². The Hall–Kier alpha value is -3.85. The van der Waals surface area contributed by atoms with E-state index in [2.05, 4.69) is 10.5 Å². The number of phenolic OH excluding ortho intramolecular Hbond substituents is 1. The van der Waals surface area contributed by atoms with Crippen molar-refractivity contribution in [1.29, 1.82) is 0 Å². The van der Waals surface area contributed by atoms with Crippen molar-refractivity contribution in [2.45, 2.75) is 18.7 Å². The Kier molecular flexibility index (Phi) is 7.34. The first kappa shape index (κ1) is 23.8. The molecule has 0 aliphatic carbocycles. The molecule has 9 heteroatoms. The number of carbonyl (C=O) groups is 1. The highest BCUT2D eigenvalue weighted by Crippen LogP contribution is 2.32. The maximum atomic E-state index is 13.5. The van der Waals surface area contributed by atoms with Crippen molar-refractivity contribution in [1.82, 2.24) is 5.43 Å². The second-order valence-electron chi connectivity index (χ2n) is 7.25. The van der Waals surface area contributed by atoms with Crippen LogP contribution in [-0.2, 0) is 14.8 Å². The third kappa shape index (κ3) is 5.50. The van der Waals surface area contributed by atoms with E-state index in [9.17, 15) is 18.3 Å². The number of sulfonamides is 1. The van der Waals surface area contributed by atoms with E-state index < -0.39 is 22.5 Å². The van der Waals surface area contributed by atoms with Gasteiger partial charge in [0.25, 0.3) is 15.9 Å². The van der Waals surface area contributed by atoms with Crippen LogP contribution < -0.4 is 14.5 Å². The number of hydrazone groups is 1. The topological polar surface area (TPSA) is 108 Å². The molecule has 8 nitrogen and oxygen atoms in total. The van der Waals surface area contributed by atoms with Gasteiger partial charge in [0, 0.05) is 5.56 Å². The summed E-state index contributed by atoms with van der Waals surface area (Å²) in [7, 11) is -2.67. The number of methoxy groups -OCH3 is 1. The van der Waals surface area contributed by atoms with Gasteiger partial charge in [-0.1, -0.05) is 42.0 Å². The molecule has 0 spiro atoms. The Morgan fingerprint density at radius 3 is 2.33 bits per heavy atom. The summed E-state index contributed by atoms with van der Waals surface area (Å²) in [4.78, 5) is 12.8. The molecule has 0 bridgehead atoms. The number of nitrogens with zero attached hydrogens (tertiary/aromatic N) is 2. The van der Waals surface area contributed by atoms with Crippen LogP contribution in [0.15, 0.2) is 82.8 Å². The highest BCUT2D eigenvalue weighted by Gasteiger charge is 2.29. The van der Waals surface area contributed by atoms with Gasteiger partial charge in [-0.05, 0) is 50.2 Å². The van der Waals surface area contributed by atoms with E-state index in [0.29, 0.717) is 17.0 Å². The van der Waals surface area contributed by atoms with Gasteiger partial charge in [-0.3, -0.25) is 9.10 Å². The van der Waals surface area contributed by atoms with Gasteiger partial charge in [0.2, 0.25) is 0 Å². The average Bonchev–Trinajstić information content (AvgIpc) is 2.81. The summed E-state index contributed by atoms with van der Waals surface area (Å²) in [5.74, 6) is -0.341. The van der Waals surface area contributed by atoms with Crippen molar-refractivity contribution in [3.63, 3.8) is 0 Å². The molecule has 2 N–H and O–H groups in total. The first-order chi connectivity index (χ1) is 15.7. The fourth-order valence-corrected chi connectivity index (χ4v) is 4.56. The number of hydrogen-bond donors (Lipinski definition) is 2. The molecule has 172 valence electrons. The van der Waals surface area contributed by atoms with E-state index in [-0.39, 0.29) is 16.3 Å². The maximum Gasteiger partial charge on any atom is 0.264 e. The molecule has 3 aromatic rings. The van der Waals surface area contributed by atoms with Crippen LogP contribution in [0.5, 0.6) is 11.5 Å². The Bertz CT molecular complexity index is 1270. The van der Waals surface area contributed by atoms with Gasteiger partial charge >= 0.3 is 0 Å². The number of aryl methyl sites for hydroxylation is 1. The van der Waals surface area contributed by atoms with Crippen LogP contribution in [-0.4, -0.2) is 38.8 Å². The van der Waals surface area contributed by atoms with Gasteiger partial charge in [-0.15, -0.1) is 0 Å². The summed E-state index contributed by atoms with van der Waals surface area (Å²) in [5.41, 5.74) is 4.31. The zero-order valence-electron chi connectivity index (χ0n) is 18.5. The van der Waals surface area contributed by atoms with Gasteiger partial charge in [0.1, 0.15) is 18.0 Å². The van der Waals surface area contributed by atoms with Crippen LogP contribution in [0, 0.1) is 6.92 Å². The number of carbonyl (C=O) groups excluding carboxylic acids is 1. The van der Waals surface area contributed by atoms with E-state index in [1.165, 1.54) is 25.3 Å². The van der Waals surface area contributed by atoms with Crippen LogP contribution in [0.3, 0.4) is 0 Å². The van der Waals surface area contributed by atoms with Crippen molar-refractivity contribution in [3.05, 3.63) is 83.9 Å². The van der Waals surface area contributed by atoms with Crippen LogP contribution in [0.1, 0.15) is 18.1 Å². The minimum Gasteiger partial charge on any atom is -0.507 e. The number of benzene rings is 3. The smallest absolute Gasteiger partial charge is 0.264 e. The largest absolute Gasteiger partial charge is 0.507 e. The quantitative estimate of drug-likeness (QED) is 0.390. The second-order valence-corrected chi connectivity index (χ2v) is 9.11. The number of para-hydroxylation sites is 3. The van der Waals surface area contributed by atoms with Crippen LogP contribution >= 0.6 is 0 Å². The number of hydrogen-bond acceptors (Lipinski definition) is 6. The van der Waals surface area contributed by atoms with E-state index >= 15 is 0 Å². The number of phenols is 1. The maximum absolute atomic E-state index is 13.5. The molecule has 0 radical (unpaired) electrons. The highest BCUT2D eigenvalue weighted by molar-refractivity contribution is 7.92. The van der Waals surface area contributed by atoms with Crippen molar-refractivity contribution in [2.24, 2.45) is 5.10 Å². The molecule has 0 saturated carbocycles. The minimum absolute atomic E-state index is 0.0191. The molecule has 0 fully saturated rings. The molecule has 0 unspecified atom stereocenters. The number of rotatable bonds is 8. The number of aromatic hydroxyl groups is 1. The number of nitrogens with one attached hydrogen (secondary N) is 1. The lowest BCUT2D eigenvalue weighted by Crippen LogP contribution is -2.40. The number of ether oxygens (including phenoxy) is 1. The summed E-state index contributed by atoms with van der Waals surface area (Å²) in [5, 5.41) is 14.0. The lowest BCUT2D eigenvalue weighted by Gasteiger charge is -2.25. The lowest BCUT2D eigenvalue weighted by molar-refractivity contribution is -0.119. The Morgan fingerprint density at radius 1 is 1.03 bits per heavy atom. The van der Waals surface area contributed by atoms with E-state index in [1.807, 2.05) is 6.92 Å². The molecular formula is C24H25N3O5S. The molecule has 33 heavy (non-hydrogen) atoms. The second kappa shape index (κ2) is 10.2. The average molecular weight is 468 g/mol. The third-order valence-corrected chi connectivity index (χ3v) is 6.67. The van der Waals surface area contributed by atoms with Crippen molar-refractivity contribution < 1.29 is 23.1 Å². The Balaban J connectivity index is 1.93. The summed E-state index contributed by atoms with van der Waals surface area (Å²) in [6.07, 6.45) is 0. The van der Waals surface area contributed by atoms with Crippen molar-refractivity contribution >= 4 is 27.3 Å². The summed E-state index contributed by atoms with van der Waals surface area (Å²) < 4.78 is 33.3. The SMILES string of the molecule is COc1ccccc1N(CC(=O)N/N=C(\C)c1ccccc1O)S(=O)(=O)c1ccc(C)cc1. The van der Waals surface area contributed by atoms with Gasteiger partial charge < -0.3 is 9.84 Å². The summed E-state index contributed by atoms with van der Waals surface area (Å²) >= 11 is 0. The lowest BCUT2D eigenvalue weighted by atomic mass is 10.1. The molecule has 1 amide bonds.